The molecule has 4 nitrogen and oxygen atoms in total. The SMILES string of the molecule is CC1CN(c2cnc(CCl)cn2)CC(C)(C)O1. The van der Waals surface area contributed by atoms with Gasteiger partial charge in [-0.1, -0.05) is 0 Å². The molecule has 0 saturated carbocycles. The van der Waals surface area contributed by atoms with Gasteiger partial charge in [-0.3, -0.25) is 4.98 Å². The van der Waals surface area contributed by atoms with Gasteiger partial charge < -0.3 is 9.64 Å². The highest BCUT2D eigenvalue weighted by molar-refractivity contribution is 6.16. The van der Waals surface area contributed by atoms with Gasteiger partial charge in [0.15, 0.2) is 0 Å². The number of morpholine rings is 1. The molecule has 0 N–H and O–H groups in total. The molecule has 0 radical (unpaired) electrons. The molecule has 2 heterocycles. The summed E-state index contributed by atoms with van der Waals surface area (Å²) < 4.78 is 5.86. The second kappa shape index (κ2) is 4.78. The minimum absolute atomic E-state index is 0.148. The van der Waals surface area contributed by atoms with Crippen LogP contribution in [0.25, 0.3) is 0 Å². The number of rotatable bonds is 2. The number of anilines is 1. The molecule has 5 heteroatoms. The van der Waals surface area contributed by atoms with E-state index in [1.807, 2.05) is 0 Å². The van der Waals surface area contributed by atoms with Crippen molar-refractivity contribution < 1.29 is 4.74 Å². The van der Waals surface area contributed by atoms with E-state index in [0.29, 0.717) is 5.88 Å². The highest BCUT2D eigenvalue weighted by atomic mass is 35.5. The Morgan fingerprint density at radius 3 is 2.76 bits per heavy atom. The van der Waals surface area contributed by atoms with Crippen molar-refractivity contribution in [1.29, 1.82) is 0 Å². The van der Waals surface area contributed by atoms with Crippen LogP contribution in [0.3, 0.4) is 0 Å². The van der Waals surface area contributed by atoms with Crippen LogP contribution in [0.2, 0.25) is 0 Å². The van der Waals surface area contributed by atoms with E-state index in [9.17, 15) is 0 Å². The van der Waals surface area contributed by atoms with E-state index < -0.39 is 0 Å². The predicted octanol–water partition coefficient (Wildman–Crippen LogP) is 2.22. The second-order valence-electron chi connectivity index (χ2n) is 5.07. The molecule has 0 amide bonds. The Kier molecular flexibility index (Phi) is 3.54. The number of alkyl halides is 1. The molecule has 1 aliphatic heterocycles. The number of aromatic nitrogens is 2. The summed E-state index contributed by atoms with van der Waals surface area (Å²) in [7, 11) is 0. The van der Waals surface area contributed by atoms with Crippen molar-refractivity contribution in [1.82, 2.24) is 9.97 Å². The first-order valence-corrected chi connectivity index (χ1v) is 6.33. The summed E-state index contributed by atoms with van der Waals surface area (Å²) in [6.07, 6.45) is 3.72. The molecule has 0 aromatic carbocycles. The van der Waals surface area contributed by atoms with Crippen molar-refractivity contribution in [2.24, 2.45) is 0 Å². The molecule has 0 spiro atoms. The first-order valence-electron chi connectivity index (χ1n) is 5.80. The first kappa shape index (κ1) is 12.6. The van der Waals surface area contributed by atoms with Gasteiger partial charge in [0, 0.05) is 13.1 Å². The zero-order chi connectivity index (χ0) is 12.5. The van der Waals surface area contributed by atoms with Gasteiger partial charge in [-0.2, -0.15) is 0 Å². The Balaban J connectivity index is 2.15. The number of hydrogen-bond acceptors (Lipinski definition) is 4. The van der Waals surface area contributed by atoms with Crippen LogP contribution >= 0.6 is 11.6 Å². The molecule has 1 saturated heterocycles. The monoisotopic (exact) mass is 255 g/mol. The Labute approximate surface area is 107 Å². The summed E-state index contributed by atoms with van der Waals surface area (Å²) >= 11 is 5.70. The Bertz CT molecular complexity index is 380. The van der Waals surface area contributed by atoms with Crippen LogP contribution in [0.4, 0.5) is 5.82 Å². The van der Waals surface area contributed by atoms with Crippen LogP contribution in [-0.2, 0) is 10.6 Å². The zero-order valence-electron chi connectivity index (χ0n) is 10.5. The summed E-state index contributed by atoms with van der Waals surface area (Å²) in [6, 6.07) is 0. The third-order valence-electron chi connectivity index (χ3n) is 2.72. The highest BCUT2D eigenvalue weighted by Crippen LogP contribution is 2.24. The molecule has 1 unspecified atom stereocenters. The smallest absolute Gasteiger partial charge is 0.147 e. The van der Waals surface area contributed by atoms with Crippen LogP contribution in [0, 0.1) is 0 Å². The minimum atomic E-state index is -0.148. The number of nitrogens with zero attached hydrogens (tertiary/aromatic N) is 3. The second-order valence-corrected chi connectivity index (χ2v) is 5.34. The maximum absolute atomic E-state index is 5.86. The van der Waals surface area contributed by atoms with E-state index in [2.05, 4.69) is 35.6 Å². The third-order valence-corrected chi connectivity index (χ3v) is 3.00. The Morgan fingerprint density at radius 1 is 1.47 bits per heavy atom. The van der Waals surface area contributed by atoms with Crippen molar-refractivity contribution in [3.63, 3.8) is 0 Å². The lowest BCUT2D eigenvalue weighted by molar-refractivity contribution is -0.0751. The fourth-order valence-corrected chi connectivity index (χ4v) is 2.35. The minimum Gasteiger partial charge on any atom is -0.369 e. The summed E-state index contributed by atoms with van der Waals surface area (Å²) in [6.45, 7) is 7.94. The van der Waals surface area contributed by atoms with E-state index >= 15 is 0 Å². The van der Waals surface area contributed by atoms with Gasteiger partial charge in [-0.25, -0.2) is 4.98 Å². The molecule has 1 aliphatic rings. The van der Waals surface area contributed by atoms with Crippen molar-refractivity contribution >= 4 is 17.4 Å². The molecule has 2 rings (SSSR count). The molecule has 1 atom stereocenters. The van der Waals surface area contributed by atoms with Gasteiger partial charge in [0.25, 0.3) is 0 Å². The normalized spacial score (nSPS) is 23.8. The summed E-state index contributed by atoms with van der Waals surface area (Å²) in [5.74, 6) is 1.29. The Morgan fingerprint density at radius 2 is 2.24 bits per heavy atom. The lowest BCUT2D eigenvalue weighted by atomic mass is 10.1. The molecule has 1 aromatic rings. The molecule has 0 aliphatic carbocycles. The van der Waals surface area contributed by atoms with Gasteiger partial charge in [0.2, 0.25) is 0 Å². The standard InChI is InChI=1S/C12H18ClN3O/c1-9-7-16(8-12(2,3)17-9)11-6-14-10(4-13)5-15-11/h5-6,9H,4,7-8H2,1-3H3. The van der Waals surface area contributed by atoms with Crippen LogP contribution in [0.5, 0.6) is 0 Å². The lowest BCUT2D eigenvalue weighted by Crippen LogP contribution is -2.52. The molecular formula is C12H18ClN3O. The van der Waals surface area contributed by atoms with Crippen LogP contribution in [-0.4, -0.2) is 34.8 Å². The Hall–Kier alpha value is -0.870. The van der Waals surface area contributed by atoms with E-state index in [1.165, 1.54) is 0 Å². The third kappa shape index (κ3) is 3.07. The molecule has 17 heavy (non-hydrogen) atoms. The van der Waals surface area contributed by atoms with Crippen molar-refractivity contribution in [2.75, 3.05) is 18.0 Å². The quantitative estimate of drug-likeness (QED) is 0.760. The molecular weight excluding hydrogens is 238 g/mol. The zero-order valence-corrected chi connectivity index (χ0v) is 11.2. The van der Waals surface area contributed by atoms with E-state index in [-0.39, 0.29) is 11.7 Å². The van der Waals surface area contributed by atoms with E-state index in [1.54, 1.807) is 12.4 Å². The van der Waals surface area contributed by atoms with E-state index in [4.69, 9.17) is 16.3 Å². The fraction of sp³-hybridized carbons (Fsp3) is 0.667. The first-order chi connectivity index (χ1) is 8.00. The molecule has 1 aromatic heterocycles. The van der Waals surface area contributed by atoms with Crippen LogP contribution < -0.4 is 4.90 Å². The van der Waals surface area contributed by atoms with Crippen molar-refractivity contribution in [2.45, 2.75) is 38.4 Å². The number of halogens is 1. The van der Waals surface area contributed by atoms with E-state index in [0.717, 1.165) is 24.6 Å². The summed E-state index contributed by atoms with van der Waals surface area (Å²) in [5.41, 5.74) is 0.654. The maximum Gasteiger partial charge on any atom is 0.147 e. The van der Waals surface area contributed by atoms with Gasteiger partial charge >= 0.3 is 0 Å². The number of ether oxygens (including phenoxy) is 1. The van der Waals surface area contributed by atoms with Gasteiger partial charge in [0.05, 0.1) is 35.7 Å². The van der Waals surface area contributed by atoms with Crippen LogP contribution in [0.15, 0.2) is 12.4 Å². The number of hydrogen-bond donors (Lipinski definition) is 0. The van der Waals surface area contributed by atoms with Gasteiger partial charge in [-0.15, -0.1) is 11.6 Å². The molecule has 94 valence electrons. The average molecular weight is 256 g/mol. The van der Waals surface area contributed by atoms with Gasteiger partial charge in [-0.05, 0) is 20.8 Å². The largest absolute Gasteiger partial charge is 0.369 e. The lowest BCUT2D eigenvalue weighted by Gasteiger charge is -2.42. The topological polar surface area (TPSA) is 38.2 Å². The average Bonchev–Trinajstić information content (AvgIpc) is 2.26. The summed E-state index contributed by atoms with van der Waals surface area (Å²) in [5, 5.41) is 0. The van der Waals surface area contributed by atoms with Crippen molar-refractivity contribution in [3.8, 4) is 0 Å². The highest BCUT2D eigenvalue weighted by Gasteiger charge is 2.31. The maximum atomic E-state index is 5.86. The van der Waals surface area contributed by atoms with Crippen LogP contribution in [0.1, 0.15) is 26.5 Å². The molecule has 0 bridgehead atoms. The van der Waals surface area contributed by atoms with Gasteiger partial charge in [0.1, 0.15) is 5.82 Å². The molecule has 1 fully saturated rings. The predicted molar refractivity (Wildman–Crippen MR) is 68.4 cm³/mol. The summed E-state index contributed by atoms with van der Waals surface area (Å²) in [4.78, 5) is 10.9. The van der Waals surface area contributed by atoms with Crippen molar-refractivity contribution in [3.05, 3.63) is 18.1 Å². The fourth-order valence-electron chi connectivity index (χ4n) is 2.21.